The molecular formula is C22H18Cl2N2O3. The molecule has 2 aromatic carbocycles. The molecule has 0 fully saturated rings. The van der Waals surface area contributed by atoms with Crippen molar-refractivity contribution in [3.8, 4) is 0 Å². The van der Waals surface area contributed by atoms with Crippen molar-refractivity contribution in [1.29, 1.82) is 0 Å². The van der Waals surface area contributed by atoms with Gasteiger partial charge in [0.15, 0.2) is 5.78 Å². The van der Waals surface area contributed by atoms with Crippen LogP contribution in [0.2, 0.25) is 10.0 Å². The van der Waals surface area contributed by atoms with Gasteiger partial charge in [-0.2, -0.15) is 0 Å². The number of halogens is 2. The van der Waals surface area contributed by atoms with Crippen LogP contribution >= 0.6 is 23.2 Å². The van der Waals surface area contributed by atoms with Crippen molar-refractivity contribution in [2.24, 2.45) is 0 Å². The van der Waals surface area contributed by atoms with Gasteiger partial charge in [-0.3, -0.25) is 14.4 Å². The van der Waals surface area contributed by atoms with Crippen LogP contribution in [0.3, 0.4) is 0 Å². The highest BCUT2D eigenvalue weighted by Crippen LogP contribution is 2.24. The van der Waals surface area contributed by atoms with E-state index in [4.69, 9.17) is 23.2 Å². The summed E-state index contributed by atoms with van der Waals surface area (Å²) >= 11 is 11.8. The molecule has 0 aliphatic carbocycles. The predicted molar refractivity (Wildman–Crippen MR) is 115 cm³/mol. The Hall–Kier alpha value is -2.89. The first kappa shape index (κ1) is 20.8. The summed E-state index contributed by atoms with van der Waals surface area (Å²) in [6, 6.07) is 13.4. The van der Waals surface area contributed by atoms with Crippen LogP contribution in [0.1, 0.15) is 44.5 Å². The number of benzene rings is 2. The number of rotatable bonds is 5. The molecule has 1 heterocycles. The number of ketones is 1. The Morgan fingerprint density at radius 1 is 0.966 bits per heavy atom. The fraction of sp³-hybridized carbons (Fsp3) is 0.136. The summed E-state index contributed by atoms with van der Waals surface area (Å²) in [5.74, 6) is -0.674. The zero-order valence-electron chi connectivity index (χ0n) is 15.8. The van der Waals surface area contributed by atoms with E-state index in [0.717, 1.165) is 5.56 Å². The molecule has 0 radical (unpaired) electrons. The van der Waals surface area contributed by atoms with Gasteiger partial charge >= 0.3 is 0 Å². The molecule has 0 atom stereocenters. The van der Waals surface area contributed by atoms with Gasteiger partial charge in [-0.1, -0.05) is 35.3 Å². The molecule has 29 heavy (non-hydrogen) atoms. The molecule has 3 aromatic rings. The highest BCUT2D eigenvalue weighted by atomic mass is 35.5. The van der Waals surface area contributed by atoms with E-state index in [2.05, 4.69) is 10.3 Å². The average Bonchev–Trinajstić information content (AvgIpc) is 2.66. The van der Waals surface area contributed by atoms with Crippen LogP contribution in [0, 0.1) is 6.92 Å². The molecule has 0 unspecified atom stereocenters. The first-order chi connectivity index (χ1) is 13.8. The summed E-state index contributed by atoms with van der Waals surface area (Å²) in [4.78, 5) is 40.3. The normalized spacial score (nSPS) is 10.6. The van der Waals surface area contributed by atoms with E-state index in [1.165, 1.54) is 6.92 Å². The lowest BCUT2D eigenvalue weighted by Crippen LogP contribution is -2.25. The van der Waals surface area contributed by atoms with Crippen LogP contribution in [0.4, 0.5) is 5.69 Å². The monoisotopic (exact) mass is 428 g/mol. The zero-order chi connectivity index (χ0) is 21.1. The Morgan fingerprint density at radius 3 is 2.07 bits per heavy atom. The number of hydrogen-bond acceptors (Lipinski definition) is 3. The van der Waals surface area contributed by atoms with Crippen LogP contribution < -0.4 is 10.9 Å². The lowest BCUT2D eigenvalue weighted by Gasteiger charge is -2.16. The number of aromatic amines is 1. The lowest BCUT2D eigenvalue weighted by atomic mass is 9.95. The number of hydrogen-bond donors (Lipinski definition) is 2. The summed E-state index contributed by atoms with van der Waals surface area (Å²) < 4.78 is 0. The first-order valence-electron chi connectivity index (χ1n) is 8.84. The number of amides is 1. The minimum absolute atomic E-state index is 0.0516. The van der Waals surface area contributed by atoms with Crippen molar-refractivity contribution in [2.75, 3.05) is 5.32 Å². The molecule has 0 aliphatic rings. The highest BCUT2D eigenvalue weighted by molar-refractivity contribution is 6.31. The summed E-state index contributed by atoms with van der Waals surface area (Å²) in [6.45, 7) is 3.09. The van der Waals surface area contributed by atoms with Gasteiger partial charge in [-0.25, -0.2) is 0 Å². The number of pyridine rings is 1. The fourth-order valence-corrected chi connectivity index (χ4v) is 3.41. The van der Waals surface area contributed by atoms with Gasteiger partial charge in [0, 0.05) is 33.3 Å². The Bertz CT molecular complexity index is 1130. The average molecular weight is 429 g/mol. The van der Waals surface area contributed by atoms with Crippen molar-refractivity contribution in [1.82, 2.24) is 4.98 Å². The van der Waals surface area contributed by atoms with Crippen molar-refractivity contribution in [3.05, 3.63) is 96.9 Å². The molecule has 0 spiro atoms. The van der Waals surface area contributed by atoms with Gasteiger partial charge in [0.25, 0.3) is 11.5 Å². The molecule has 5 nitrogen and oxygen atoms in total. The SMILES string of the molecule is CC(=O)c1c(C)[nH]c(=O)c(NC(=O)c2ccc(Cl)cc2)c1Cc1ccc(Cl)cc1. The van der Waals surface area contributed by atoms with Gasteiger partial charge in [0.05, 0.1) is 0 Å². The van der Waals surface area contributed by atoms with Crippen molar-refractivity contribution < 1.29 is 9.59 Å². The molecular weight excluding hydrogens is 411 g/mol. The Balaban J connectivity index is 2.09. The molecule has 0 aliphatic heterocycles. The number of anilines is 1. The topological polar surface area (TPSA) is 79.0 Å². The van der Waals surface area contributed by atoms with Crippen LogP contribution in [0.25, 0.3) is 0 Å². The Labute approximate surface area is 177 Å². The van der Waals surface area contributed by atoms with Gasteiger partial charge in [0.1, 0.15) is 5.69 Å². The number of nitrogens with one attached hydrogen (secondary N) is 2. The van der Waals surface area contributed by atoms with Gasteiger partial charge in [-0.05, 0) is 61.4 Å². The molecule has 0 saturated heterocycles. The molecule has 1 aromatic heterocycles. The van der Waals surface area contributed by atoms with Gasteiger partial charge in [-0.15, -0.1) is 0 Å². The number of H-pyrrole nitrogens is 1. The molecule has 0 saturated carbocycles. The second kappa shape index (κ2) is 8.64. The summed E-state index contributed by atoms with van der Waals surface area (Å²) in [6.07, 6.45) is 0.285. The first-order valence-corrected chi connectivity index (χ1v) is 9.60. The van der Waals surface area contributed by atoms with Gasteiger partial charge < -0.3 is 10.3 Å². The van der Waals surface area contributed by atoms with E-state index in [-0.39, 0.29) is 17.9 Å². The molecule has 148 valence electrons. The summed E-state index contributed by atoms with van der Waals surface area (Å²) in [5.41, 5.74) is 2.07. The van der Waals surface area contributed by atoms with Crippen LogP contribution in [0.15, 0.2) is 53.3 Å². The minimum Gasteiger partial charge on any atom is -0.324 e. The third-order valence-electron chi connectivity index (χ3n) is 4.50. The lowest BCUT2D eigenvalue weighted by molar-refractivity contribution is 0.100. The zero-order valence-corrected chi connectivity index (χ0v) is 17.3. The maximum Gasteiger partial charge on any atom is 0.272 e. The highest BCUT2D eigenvalue weighted by Gasteiger charge is 2.21. The maximum atomic E-state index is 12.7. The predicted octanol–water partition coefficient (Wildman–Crippen LogP) is 5.04. The molecule has 2 N–H and O–H groups in total. The van der Waals surface area contributed by atoms with Crippen LogP contribution in [0.5, 0.6) is 0 Å². The quantitative estimate of drug-likeness (QED) is 0.558. The third kappa shape index (κ3) is 4.75. The number of aryl methyl sites for hydroxylation is 1. The number of carbonyl (C=O) groups is 2. The second-order valence-corrected chi connectivity index (χ2v) is 7.50. The third-order valence-corrected chi connectivity index (χ3v) is 5.00. The standard InChI is InChI=1S/C22H18Cl2N2O3/c1-12-19(13(2)27)18(11-14-3-7-16(23)8-4-14)20(22(29)25-12)26-21(28)15-5-9-17(24)10-6-15/h3-10H,11H2,1-2H3,(H,25,29)(H,26,28). The molecule has 7 heteroatoms. The number of Topliss-reactive ketones (excluding diaryl/α,β-unsaturated/α-hetero) is 1. The van der Waals surface area contributed by atoms with E-state index >= 15 is 0 Å². The molecule has 3 rings (SSSR count). The fourth-order valence-electron chi connectivity index (χ4n) is 3.16. The summed E-state index contributed by atoms with van der Waals surface area (Å²) in [5, 5.41) is 3.74. The summed E-state index contributed by atoms with van der Waals surface area (Å²) in [7, 11) is 0. The number of aromatic nitrogens is 1. The van der Waals surface area contributed by atoms with E-state index < -0.39 is 11.5 Å². The number of carbonyl (C=O) groups excluding carboxylic acids is 2. The maximum absolute atomic E-state index is 12.7. The smallest absolute Gasteiger partial charge is 0.272 e. The van der Waals surface area contributed by atoms with Gasteiger partial charge in [0.2, 0.25) is 0 Å². The van der Waals surface area contributed by atoms with E-state index in [9.17, 15) is 14.4 Å². The van der Waals surface area contributed by atoms with Crippen LogP contribution in [-0.2, 0) is 6.42 Å². The largest absolute Gasteiger partial charge is 0.324 e. The van der Waals surface area contributed by atoms with Crippen molar-refractivity contribution in [2.45, 2.75) is 20.3 Å². The molecule has 1 amide bonds. The van der Waals surface area contributed by atoms with E-state index in [0.29, 0.717) is 32.4 Å². The van der Waals surface area contributed by atoms with Crippen molar-refractivity contribution in [3.63, 3.8) is 0 Å². The van der Waals surface area contributed by atoms with Crippen LogP contribution in [-0.4, -0.2) is 16.7 Å². The molecule has 0 bridgehead atoms. The minimum atomic E-state index is -0.473. The Morgan fingerprint density at radius 2 is 1.52 bits per heavy atom. The second-order valence-electron chi connectivity index (χ2n) is 6.63. The van der Waals surface area contributed by atoms with E-state index in [1.807, 2.05) is 12.1 Å². The van der Waals surface area contributed by atoms with E-state index in [1.54, 1.807) is 43.3 Å². The van der Waals surface area contributed by atoms with Crippen molar-refractivity contribution >= 4 is 40.6 Å². The Kier molecular flexibility index (Phi) is 6.20.